The lowest BCUT2D eigenvalue weighted by atomic mass is 10.1. The molecule has 2 atom stereocenters. The van der Waals surface area contributed by atoms with Crippen molar-refractivity contribution in [3.05, 3.63) is 22.4 Å². The first-order valence-corrected chi connectivity index (χ1v) is 6.40. The zero-order valence-corrected chi connectivity index (χ0v) is 11.3. The Bertz CT molecular complexity index is 327. The summed E-state index contributed by atoms with van der Waals surface area (Å²) in [5.74, 6) is -0.208. The van der Waals surface area contributed by atoms with E-state index in [0.717, 1.165) is 4.88 Å². The molecule has 0 radical (unpaired) electrons. The summed E-state index contributed by atoms with van der Waals surface area (Å²) in [4.78, 5) is 12.5. The monoisotopic (exact) mass is 257 g/mol. The van der Waals surface area contributed by atoms with Crippen molar-refractivity contribution in [2.75, 3.05) is 20.8 Å². The van der Waals surface area contributed by atoms with E-state index in [9.17, 15) is 4.79 Å². The summed E-state index contributed by atoms with van der Waals surface area (Å²) in [6, 6.07) is 4.18. The van der Waals surface area contributed by atoms with Gasteiger partial charge in [0.15, 0.2) is 0 Å². The van der Waals surface area contributed by atoms with Gasteiger partial charge in [-0.1, -0.05) is 6.07 Å². The molecule has 0 aliphatic heterocycles. The Balaban J connectivity index is 2.62. The third kappa shape index (κ3) is 4.85. The summed E-state index contributed by atoms with van der Waals surface area (Å²) in [6.45, 7) is 2.64. The lowest BCUT2D eigenvalue weighted by Crippen LogP contribution is -2.34. The van der Waals surface area contributed by atoms with Crippen molar-refractivity contribution >= 4 is 17.3 Å². The predicted molar refractivity (Wildman–Crippen MR) is 68.2 cm³/mol. The molecule has 1 rings (SSSR count). The number of carbonyl (C=O) groups excluding carboxylic acids is 1. The van der Waals surface area contributed by atoms with E-state index in [1.54, 1.807) is 18.4 Å². The second-order valence-corrected chi connectivity index (χ2v) is 4.85. The summed E-state index contributed by atoms with van der Waals surface area (Å²) in [6.07, 6.45) is 0.338. The van der Waals surface area contributed by atoms with Crippen LogP contribution >= 0.6 is 11.3 Å². The molecule has 0 aliphatic carbocycles. The fourth-order valence-corrected chi connectivity index (χ4v) is 2.41. The number of hydrogen-bond donors (Lipinski definition) is 1. The molecule has 0 bridgehead atoms. The lowest BCUT2D eigenvalue weighted by Gasteiger charge is -2.21. The quantitative estimate of drug-likeness (QED) is 0.759. The Morgan fingerprint density at radius 1 is 1.53 bits per heavy atom. The zero-order chi connectivity index (χ0) is 12.7. The highest BCUT2D eigenvalue weighted by Crippen LogP contribution is 2.22. The van der Waals surface area contributed by atoms with Crippen LogP contribution in [0.25, 0.3) is 0 Å². The van der Waals surface area contributed by atoms with E-state index in [0.29, 0.717) is 13.0 Å². The van der Waals surface area contributed by atoms with Crippen LogP contribution in [-0.4, -0.2) is 32.8 Å². The van der Waals surface area contributed by atoms with Gasteiger partial charge in [0.2, 0.25) is 0 Å². The summed E-state index contributed by atoms with van der Waals surface area (Å²) in [5, 5.41) is 5.37. The molecule has 1 aromatic rings. The van der Waals surface area contributed by atoms with Crippen LogP contribution in [0.5, 0.6) is 0 Å². The molecule has 4 nitrogen and oxygen atoms in total. The third-order valence-electron chi connectivity index (χ3n) is 2.39. The van der Waals surface area contributed by atoms with E-state index >= 15 is 0 Å². The van der Waals surface area contributed by atoms with Crippen molar-refractivity contribution in [2.24, 2.45) is 0 Å². The van der Waals surface area contributed by atoms with Gasteiger partial charge < -0.3 is 14.8 Å². The second-order valence-electron chi connectivity index (χ2n) is 3.87. The lowest BCUT2D eigenvalue weighted by molar-refractivity contribution is -0.141. The van der Waals surface area contributed by atoms with Gasteiger partial charge in [0, 0.05) is 18.0 Å². The standard InChI is InChI=1S/C12H19NO3S/c1-9(8-15-2)13-10(7-12(14)16-3)11-5-4-6-17-11/h4-6,9-10,13H,7-8H2,1-3H3. The van der Waals surface area contributed by atoms with Gasteiger partial charge >= 0.3 is 5.97 Å². The SMILES string of the molecule is COCC(C)NC(CC(=O)OC)c1cccs1. The van der Waals surface area contributed by atoms with Crippen LogP contribution in [-0.2, 0) is 14.3 Å². The molecule has 0 aromatic carbocycles. The molecule has 0 amide bonds. The minimum absolute atomic E-state index is 0.00685. The summed E-state index contributed by atoms with van der Waals surface area (Å²) < 4.78 is 9.79. The maximum absolute atomic E-state index is 11.4. The molecule has 1 N–H and O–H groups in total. The number of methoxy groups -OCH3 is 2. The number of esters is 1. The second kappa shape index (κ2) is 7.42. The van der Waals surface area contributed by atoms with Crippen molar-refractivity contribution in [1.29, 1.82) is 0 Å². The van der Waals surface area contributed by atoms with Gasteiger partial charge in [-0.25, -0.2) is 0 Å². The molecule has 5 heteroatoms. The van der Waals surface area contributed by atoms with Gasteiger partial charge in [0.25, 0.3) is 0 Å². The maximum Gasteiger partial charge on any atom is 0.307 e. The van der Waals surface area contributed by atoms with Crippen molar-refractivity contribution in [2.45, 2.75) is 25.4 Å². The Morgan fingerprint density at radius 3 is 2.82 bits per heavy atom. The number of nitrogens with one attached hydrogen (secondary N) is 1. The Labute approximate surface area is 106 Å². The fourth-order valence-electron chi connectivity index (χ4n) is 1.62. The van der Waals surface area contributed by atoms with Crippen molar-refractivity contribution in [3.8, 4) is 0 Å². The predicted octanol–water partition coefficient (Wildman–Crippen LogP) is 1.98. The van der Waals surface area contributed by atoms with Crippen molar-refractivity contribution in [3.63, 3.8) is 0 Å². The molecule has 96 valence electrons. The number of hydrogen-bond acceptors (Lipinski definition) is 5. The average molecular weight is 257 g/mol. The zero-order valence-electron chi connectivity index (χ0n) is 10.4. The summed E-state index contributed by atoms with van der Waals surface area (Å²) >= 11 is 1.63. The van der Waals surface area contributed by atoms with E-state index < -0.39 is 0 Å². The van der Waals surface area contributed by atoms with Crippen LogP contribution in [0.15, 0.2) is 17.5 Å². The maximum atomic E-state index is 11.4. The summed E-state index contributed by atoms with van der Waals surface area (Å²) in [7, 11) is 3.07. The van der Waals surface area contributed by atoms with Crippen LogP contribution in [0.3, 0.4) is 0 Å². The Hall–Kier alpha value is -0.910. The first kappa shape index (κ1) is 14.2. The van der Waals surface area contributed by atoms with E-state index in [4.69, 9.17) is 9.47 Å². The van der Waals surface area contributed by atoms with E-state index in [1.165, 1.54) is 7.11 Å². The van der Waals surface area contributed by atoms with Gasteiger partial charge in [-0.15, -0.1) is 11.3 Å². The summed E-state index contributed by atoms with van der Waals surface area (Å²) in [5.41, 5.74) is 0. The van der Waals surface area contributed by atoms with Crippen LogP contribution in [0.1, 0.15) is 24.3 Å². The number of rotatable bonds is 7. The Kier molecular flexibility index (Phi) is 6.18. The van der Waals surface area contributed by atoms with Crippen LogP contribution in [0, 0.1) is 0 Å². The van der Waals surface area contributed by atoms with E-state index in [2.05, 4.69) is 5.32 Å². The van der Waals surface area contributed by atoms with Gasteiger partial charge in [-0.05, 0) is 18.4 Å². The molecule has 0 saturated heterocycles. The first-order valence-electron chi connectivity index (χ1n) is 5.52. The van der Waals surface area contributed by atoms with Gasteiger partial charge in [-0.2, -0.15) is 0 Å². The number of carbonyl (C=O) groups is 1. The number of thiophene rings is 1. The van der Waals surface area contributed by atoms with Crippen LogP contribution in [0.4, 0.5) is 0 Å². The van der Waals surface area contributed by atoms with Gasteiger partial charge in [-0.3, -0.25) is 4.79 Å². The molecule has 0 aliphatic rings. The van der Waals surface area contributed by atoms with Crippen LogP contribution < -0.4 is 5.32 Å². The van der Waals surface area contributed by atoms with Crippen molar-refractivity contribution in [1.82, 2.24) is 5.32 Å². The highest BCUT2D eigenvalue weighted by Gasteiger charge is 2.19. The number of ether oxygens (including phenoxy) is 2. The molecule has 0 saturated carbocycles. The van der Waals surface area contributed by atoms with Crippen LogP contribution in [0.2, 0.25) is 0 Å². The molecule has 0 spiro atoms. The smallest absolute Gasteiger partial charge is 0.307 e. The average Bonchev–Trinajstić information content (AvgIpc) is 2.81. The fraction of sp³-hybridized carbons (Fsp3) is 0.583. The van der Waals surface area contributed by atoms with Gasteiger partial charge in [0.05, 0.1) is 26.2 Å². The third-order valence-corrected chi connectivity index (χ3v) is 3.37. The normalized spacial score (nSPS) is 14.3. The molecule has 0 fully saturated rings. The van der Waals surface area contributed by atoms with Gasteiger partial charge in [0.1, 0.15) is 0 Å². The van der Waals surface area contributed by atoms with E-state index in [1.807, 2.05) is 24.4 Å². The molecule has 1 heterocycles. The highest BCUT2D eigenvalue weighted by atomic mass is 32.1. The first-order chi connectivity index (χ1) is 8.17. The molecule has 17 heavy (non-hydrogen) atoms. The molecule has 1 aromatic heterocycles. The molecular formula is C12H19NO3S. The largest absolute Gasteiger partial charge is 0.469 e. The minimum Gasteiger partial charge on any atom is -0.469 e. The topological polar surface area (TPSA) is 47.6 Å². The van der Waals surface area contributed by atoms with E-state index in [-0.39, 0.29) is 18.1 Å². The molecular weight excluding hydrogens is 238 g/mol. The molecule has 2 unspecified atom stereocenters. The Morgan fingerprint density at radius 2 is 2.29 bits per heavy atom. The van der Waals surface area contributed by atoms with Crippen molar-refractivity contribution < 1.29 is 14.3 Å². The minimum atomic E-state index is -0.208. The highest BCUT2D eigenvalue weighted by molar-refractivity contribution is 7.10.